The number of benzene rings is 1. The first-order valence-corrected chi connectivity index (χ1v) is 7.87. The summed E-state index contributed by atoms with van der Waals surface area (Å²) in [6.07, 6.45) is 6.05. The number of nitrogens with one attached hydrogen (secondary N) is 1. The van der Waals surface area contributed by atoms with Crippen LogP contribution in [0.3, 0.4) is 0 Å². The molecule has 1 aliphatic rings. The minimum absolute atomic E-state index is 1.04. The fourth-order valence-electron chi connectivity index (χ4n) is 3.38. The van der Waals surface area contributed by atoms with E-state index in [0.717, 1.165) is 19.4 Å². The van der Waals surface area contributed by atoms with Crippen molar-refractivity contribution in [3.8, 4) is 0 Å². The zero-order valence-corrected chi connectivity index (χ0v) is 12.8. The molecule has 3 rings (SSSR count). The van der Waals surface area contributed by atoms with E-state index in [2.05, 4.69) is 38.2 Å². The first kappa shape index (κ1) is 13.4. The zero-order chi connectivity index (χ0) is 14.1. The number of hydrogen-bond acceptors (Lipinski definition) is 2. The summed E-state index contributed by atoms with van der Waals surface area (Å²) in [5, 5.41) is 5.02. The number of fused-ring (bicyclic) bond motifs is 2. The second-order valence-corrected chi connectivity index (χ2v) is 6.02. The summed E-state index contributed by atoms with van der Waals surface area (Å²) in [7, 11) is 0. The number of anilines is 1. The lowest BCUT2D eigenvalue weighted by Gasteiger charge is -2.22. The van der Waals surface area contributed by atoms with Gasteiger partial charge in [-0.1, -0.05) is 13.0 Å². The van der Waals surface area contributed by atoms with E-state index in [1.807, 2.05) is 0 Å². The van der Waals surface area contributed by atoms with Crippen LogP contribution in [0.15, 0.2) is 12.1 Å². The molecule has 0 saturated heterocycles. The quantitative estimate of drug-likeness (QED) is 0.883. The highest BCUT2D eigenvalue weighted by Crippen LogP contribution is 2.35. The van der Waals surface area contributed by atoms with Gasteiger partial charge in [-0.25, -0.2) is 0 Å². The third-order valence-corrected chi connectivity index (χ3v) is 4.26. The number of rotatable bonds is 3. The lowest BCUT2D eigenvalue weighted by molar-refractivity contribution is 0.672. The summed E-state index contributed by atoms with van der Waals surface area (Å²) in [4.78, 5) is 4.97. The molecule has 0 aliphatic heterocycles. The van der Waals surface area contributed by atoms with E-state index < -0.39 is 0 Å². The molecule has 0 bridgehead atoms. The largest absolute Gasteiger partial charge is 0.384 e. The molecule has 1 aromatic heterocycles. The van der Waals surface area contributed by atoms with Gasteiger partial charge in [-0.2, -0.15) is 0 Å². The first-order chi connectivity index (χ1) is 9.70. The molecule has 106 valence electrons. The van der Waals surface area contributed by atoms with Gasteiger partial charge in [0.2, 0.25) is 0 Å². The van der Waals surface area contributed by atoms with Crippen molar-refractivity contribution >= 4 is 16.6 Å². The monoisotopic (exact) mass is 268 g/mol. The Bertz CT molecular complexity index is 644. The van der Waals surface area contributed by atoms with Crippen molar-refractivity contribution in [1.82, 2.24) is 4.98 Å². The van der Waals surface area contributed by atoms with Gasteiger partial charge >= 0.3 is 0 Å². The fraction of sp³-hybridized carbons (Fsp3) is 0.500. The predicted molar refractivity (Wildman–Crippen MR) is 86.6 cm³/mol. The number of aromatic nitrogens is 1. The van der Waals surface area contributed by atoms with Gasteiger partial charge in [0.25, 0.3) is 0 Å². The van der Waals surface area contributed by atoms with Gasteiger partial charge in [0.15, 0.2) is 0 Å². The summed E-state index contributed by atoms with van der Waals surface area (Å²) in [6, 6.07) is 4.50. The predicted octanol–water partition coefficient (Wildman–Crippen LogP) is 4.55. The normalized spacial score (nSPS) is 14.3. The van der Waals surface area contributed by atoms with Crippen LogP contribution in [0.4, 0.5) is 5.69 Å². The van der Waals surface area contributed by atoms with Gasteiger partial charge < -0.3 is 5.32 Å². The lowest BCUT2D eigenvalue weighted by atomic mass is 9.91. The standard InChI is InChI=1S/C18H24N2/c1-4-9-19-18-14-7-5-6-8-15(14)20-16-11-12(2)10-13(3)17(16)18/h10-11H,4-9H2,1-3H3,(H,19,20). The molecule has 1 aliphatic carbocycles. The highest BCUT2D eigenvalue weighted by atomic mass is 14.9. The Morgan fingerprint density at radius 3 is 2.75 bits per heavy atom. The minimum atomic E-state index is 1.04. The van der Waals surface area contributed by atoms with Gasteiger partial charge in [-0.05, 0) is 68.7 Å². The van der Waals surface area contributed by atoms with Crippen molar-refractivity contribution in [1.29, 1.82) is 0 Å². The van der Waals surface area contributed by atoms with Crippen LogP contribution >= 0.6 is 0 Å². The third kappa shape index (κ3) is 2.28. The average molecular weight is 268 g/mol. The molecule has 2 nitrogen and oxygen atoms in total. The van der Waals surface area contributed by atoms with E-state index >= 15 is 0 Å². The maximum absolute atomic E-state index is 4.97. The van der Waals surface area contributed by atoms with E-state index in [1.165, 1.54) is 58.2 Å². The molecule has 0 saturated carbocycles. The number of aryl methyl sites for hydroxylation is 3. The van der Waals surface area contributed by atoms with Crippen molar-refractivity contribution < 1.29 is 0 Å². The molecule has 1 heterocycles. The van der Waals surface area contributed by atoms with Crippen LogP contribution in [0.1, 0.15) is 48.6 Å². The van der Waals surface area contributed by atoms with Crippen molar-refractivity contribution in [2.45, 2.75) is 52.9 Å². The number of pyridine rings is 1. The second-order valence-electron chi connectivity index (χ2n) is 6.02. The minimum Gasteiger partial charge on any atom is -0.384 e. The van der Waals surface area contributed by atoms with Crippen molar-refractivity contribution in [2.24, 2.45) is 0 Å². The Balaban J connectivity index is 2.27. The fourth-order valence-corrected chi connectivity index (χ4v) is 3.38. The first-order valence-electron chi connectivity index (χ1n) is 7.87. The third-order valence-electron chi connectivity index (χ3n) is 4.26. The topological polar surface area (TPSA) is 24.9 Å². The van der Waals surface area contributed by atoms with Crippen LogP contribution in [0, 0.1) is 13.8 Å². The van der Waals surface area contributed by atoms with Crippen LogP contribution in [0.25, 0.3) is 10.9 Å². The molecule has 1 aromatic carbocycles. The summed E-state index contributed by atoms with van der Waals surface area (Å²) in [5.74, 6) is 0. The Morgan fingerprint density at radius 1 is 1.15 bits per heavy atom. The van der Waals surface area contributed by atoms with Crippen LogP contribution in [-0.2, 0) is 12.8 Å². The summed E-state index contributed by atoms with van der Waals surface area (Å²) < 4.78 is 0. The van der Waals surface area contributed by atoms with E-state index in [1.54, 1.807) is 0 Å². The second kappa shape index (κ2) is 5.43. The molecule has 2 heteroatoms. The molecule has 0 radical (unpaired) electrons. The molecule has 0 spiro atoms. The summed E-state index contributed by atoms with van der Waals surface area (Å²) >= 11 is 0. The Morgan fingerprint density at radius 2 is 1.95 bits per heavy atom. The highest BCUT2D eigenvalue weighted by Gasteiger charge is 2.19. The van der Waals surface area contributed by atoms with Gasteiger partial charge in [0.1, 0.15) is 0 Å². The van der Waals surface area contributed by atoms with Gasteiger partial charge in [0, 0.05) is 23.3 Å². The molecule has 20 heavy (non-hydrogen) atoms. The Kier molecular flexibility index (Phi) is 3.64. The van der Waals surface area contributed by atoms with Crippen molar-refractivity contribution in [2.75, 3.05) is 11.9 Å². The van der Waals surface area contributed by atoms with Crippen LogP contribution < -0.4 is 5.32 Å². The summed E-state index contributed by atoms with van der Waals surface area (Å²) in [5.41, 5.74) is 7.99. The number of nitrogens with zero attached hydrogens (tertiary/aromatic N) is 1. The Hall–Kier alpha value is -1.57. The lowest BCUT2D eigenvalue weighted by Crippen LogP contribution is -2.12. The molecule has 1 N–H and O–H groups in total. The van der Waals surface area contributed by atoms with Gasteiger partial charge in [0.05, 0.1) is 5.52 Å². The van der Waals surface area contributed by atoms with E-state index in [0.29, 0.717) is 0 Å². The van der Waals surface area contributed by atoms with Gasteiger partial charge in [-0.3, -0.25) is 4.98 Å². The highest BCUT2D eigenvalue weighted by molar-refractivity contribution is 5.96. The molecule has 0 fully saturated rings. The van der Waals surface area contributed by atoms with E-state index in [9.17, 15) is 0 Å². The van der Waals surface area contributed by atoms with Crippen molar-refractivity contribution in [3.63, 3.8) is 0 Å². The van der Waals surface area contributed by atoms with Crippen LogP contribution in [-0.4, -0.2) is 11.5 Å². The SMILES string of the molecule is CCCNc1c2c(nc3cc(C)cc(C)c13)CCCC2. The molecule has 0 amide bonds. The smallest absolute Gasteiger partial charge is 0.0731 e. The van der Waals surface area contributed by atoms with E-state index in [-0.39, 0.29) is 0 Å². The molecular weight excluding hydrogens is 244 g/mol. The molecule has 0 atom stereocenters. The molecule has 2 aromatic rings. The zero-order valence-electron chi connectivity index (χ0n) is 12.8. The van der Waals surface area contributed by atoms with Crippen LogP contribution in [0.2, 0.25) is 0 Å². The Labute approximate surface area is 121 Å². The molecular formula is C18H24N2. The molecule has 0 unspecified atom stereocenters. The summed E-state index contributed by atoms with van der Waals surface area (Å²) in [6.45, 7) is 7.63. The van der Waals surface area contributed by atoms with Crippen LogP contribution in [0.5, 0.6) is 0 Å². The average Bonchev–Trinajstić information content (AvgIpc) is 2.43. The maximum Gasteiger partial charge on any atom is 0.0731 e. The number of hydrogen-bond donors (Lipinski definition) is 1. The van der Waals surface area contributed by atoms with E-state index in [4.69, 9.17) is 4.98 Å². The van der Waals surface area contributed by atoms with Gasteiger partial charge in [-0.15, -0.1) is 0 Å². The van der Waals surface area contributed by atoms with Crippen molar-refractivity contribution in [3.05, 3.63) is 34.5 Å². The maximum atomic E-state index is 4.97.